The second-order valence-electron chi connectivity index (χ2n) is 7.28. The zero-order valence-electron chi connectivity index (χ0n) is 16.3. The fourth-order valence-electron chi connectivity index (χ4n) is 3.48. The summed E-state index contributed by atoms with van der Waals surface area (Å²) in [5.41, 5.74) is 2.07. The molecule has 0 bridgehead atoms. The number of hydrogen-bond acceptors (Lipinski definition) is 3. The largest absolute Gasteiger partial charge is 0.326 e. The van der Waals surface area contributed by atoms with E-state index in [4.69, 9.17) is 0 Å². The minimum absolute atomic E-state index is 0.0296. The molecule has 0 atom stereocenters. The first kappa shape index (κ1) is 20.6. The Balaban J connectivity index is 1.54. The zero-order chi connectivity index (χ0) is 20.0. The molecule has 0 saturated carbocycles. The van der Waals surface area contributed by atoms with Gasteiger partial charge in [0.05, 0.1) is 4.90 Å². The third kappa shape index (κ3) is 5.00. The number of sulfonamides is 1. The molecule has 1 N–H and O–H groups in total. The van der Waals surface area contributed by atoms with Crippen LogP contribution < -0.4 is 5.32 Å². The van der Waals surface area contributed by atoms with Gasteiger partial charge in [-0.25, -0.2) is 8.42 Å². The monoisotopic (exact) mass is 400 g/mol. The third-order valence-corrected chi connectivity index (χ3v) is 7.16. The van der Waals surface area contributed by atoms with E-state index >= 15 is 0 Å². The second-order valence-corrected chi connectivity index (χ2v) is 9.22. The third-order valence-electron chi connectivity index (χ3n) is 5.25. The molecule has 1 aliphatic rings. The van der Waals surface area contributed by atoms with E-state index in [9.17, 15) is 13.2 Å². The predicted octanol–water partition coefficient (Wildman–Crippen LogP) is 4.07. The van der Waals surface area contributed by atoms with Gasteiger partial charge in [-0.05, 0) is 55.5 Å². The minimum Gasteiger partial charge on any atom is -0.326 e. The van der Waals surface area contributed by atoms with Crippen LogP contribution in [0.4, 0.5) is 5.69 Å². The number of amides is 1. The van der Waals surface area contributed by atoms with E-state index in [0.717, 1.165) is 24.9 Å². The van der Waals surface area contributed by atoms with Crippen LogP contribution in [0.25, 0.3) is 0 Å². The van der Waals surface area contributed by atoms with E-state index in [1.54, 1.807) is 30.3 Å². The van der Waals surface area contributed by atoms with Crippen molar-refractivity contribution in [3.8, 4) is 0 Å². The Morgan fingerprint density at radius 3 is 2.29 bits per heavy atom. The standard InChI is InChI=1S/C22H28N2O3S/c1-2-3-7-18-10-12-20(13-11-18)23-22(25)19-14-16-24(17-15-19)28(26,27)21-8-5-4-6-9-21/h4-6,8-13,19H,2-3,7,14-17H2,1H3,(H,23,25). The Morgan fingerprint density at radius 2 is 1.68 bits per heavy atom. The first-order chi connectivity index (χ1) is 13.5. The highest BCUT2D eigenvalue weighted by atomic mass is 32.2. The molecule has 0 aromatic heterocycles. The van der Waals surface area contributed by atoms with Crippen LogP contribution in [0.15, 0.2) is 59.5 Å². The van der Waals surface area contributed by atoms with Gasteiger partial charge in [0.15, 0.2) is 0 Å². The fraction of sp³-hybridized carbons (Fsp3) is 0.409. The molecule has 3 rings (SSSR count). The Bertz CT molecular complexity index is 872. The molecule has 0 aliphatic carbocycles. The van der Waals surface area contributed by atoms with Crippen LogP contribution in [0.1, 0.15) is 38.2 Å². The topological polar surface area (TPSA) is 66.5 Å². The van der Waals surface area contributed by atoms with Crippen LogP contribution in [0.3, 0.4) is 0 Å². The van der Waals surface area contributed by atoms with Gasteiger partial charge in [0.1, 0.15) is 0 Å². The van der Waals surface area contributed by atoms with Gasteiger partial charge in [0.2, 0.25) is 15.9 Å². The summed E-state index contributed by atoms with van der Waals surface area (Å²) < 4.78 is 26.9. The van der Waals surface area contributed by atoms with Gasteiger partial charge in [0, 0.05) is 24.7 Å². The van der Waals surface area contributed by atoms with Crippen molar-refractivity contribution in [3.05, 3.63) is 60.2 Å². The molecule has 0 unspecified atom stereocenters. The normalized spacial score (nSPS) is 16.0. The number of carbonyl (C=O) groups is 1. The average molecular weight is 401 g/mol. The van der Waals surface area contributed by atoms with Crippen LogP contribution in [-0.4, -0.2) is 31.7 Å². The highest BCUT2D eigenvalue weighted by Crippen LogP contribution is 2.25. The van der Waals surface area contributed by atoms with E-state index in [1.165, 1.54) is 9.87 Å². The molecule has 6 heteroatoms. The molecule has 5 nitrogen and oxygen atoms in total. The lowest BCUT2D eigenvalue weighted by molar-refractivity contribution is -0.120. The van der Waals surface area contributed by atoms with Crippen molar-refractivity contribution in [1.29, 1.82) is 0 Å². The highest BCUT2D eigenvalue weighted by molar-refractivity contribution is 7.89. The summed E-state index contributed by atoms with van der Waals surface area (Å²) >= 11 is 0. The van der Waals surface area contributed by atoms with Gasteiger partial charge >= 0.3 is 0 Å². The Hall–Kier alpha value is -2.18. The molecule has 0 spiro atoms. The van der Waals surface area contributed by atoms with Crippen LogP contribution in [0.2, 0.25) is 0 Å². The average Bonchev–Trinajstić information content (AvgIpc) is 2.74. The summed E-state index contributed by atoms with van der Waals surface area (Å²) in [5, 5.41) is 2.97. The predicted molar refractivity (Wildman–Crippen MR) is 112 cm³/mol. The zero-order valence-corrected chi connectivity index (χ0v) is 17.1. The van der Waals surface area contributed by atoms with E-state index in [0.29, 0.717) is 30.8 Å². The molecule has 1 aliphatic heterocycles. The summed E-state index contributed by atoms with van der Waals surface area (Å²) in [6.45, 7) is 2.90. The van der Waals surface area contributed by atoms with E-state index in [2.05, 4.69) is 24.4 Å². The summed E-state index contributed by atoms with van der Waals surface area (Å²) in [6.07, 6.45) is 4.45. The molecule has 1 fully saturated rings. The molecule has 2 aromatic carbocycles. The number of rotatable bonds is 7. The van der Waals surface area contributed by atoms with Crippen LogP contribution in [-0.2, 0) is 21.2 Å². The summed E-state index contributed by atoms with van der Waals surface area (Å²) in [7, 11) is -3.48. The number of unbranched alkanes of at least 4 members (excludes halogenated alkanes) is 1. The molecule has 28 heavy (non-hydrogen) atoms. The first-order valence-electron chi connectivity index (χ1n) is 9.95. The lowest BCUT2D eigenvalue weighted by Gasteiger charge is -2.30. The van der Waals surface area contributed by atoms with Gasteiger partial charge in [-0.15, -0.1) is 0 Å². The number of benzene rings is 2. The Labute approximate surface area is 167 Å². The Morgan fingerprint density at radius 1 is 1.04 bits per heavy atom. The van der Waals surface area contributed by atoms with Crippen LogP contribution >= 0.6 is 0 Å². The quantitative estimate of drug-likeness (QED) is 0.762. The van der Waals surface area contributed by atoms with Crippen molar-refractivity contribution in [2.75, 3.05) is 18.4 Å². The molecule has 1 amide bonds. The number of carbonyl (C=O) groups excluding carboxylic acids is 1. The van der Waals surface area contributed by atoms with E-state index in [-0.39, 0.29) is 11.8 Å². The molecular formula is C22H28N2O3S. The lowest BCUT2D eigenvalue weighted by atomic mass is 9.97. The number of aryl methyl sites for hydroxylation is 1. The number of nitrogens with zero attached hydrogens (tertiary/aromatic N) is 1. The number of anilines is 1. The van der Waals surface area contributed by atoms with Crippen LogP contribution in [0.5, 0.6) is 0 Å². The van der Waals surface area contributed by atoms with Crippen molar-refractivity contribution in [2.24, 2.45) is 5.92 Å². The summed E-state index contributed by atoms with van der Waals surface area (Å²) in [6, 6.07) is 16.5. The van der Waals surface area contributed by atoms with Gasteiger partial charge in [-0.2, -0.15) is 4.31 Å². The highest BCUT2D eigenvalue weighted by Gasteiger charge is 2.31. The maximum absolute atomic E-state index is 12.7. The van der Waals surface area contributed by atoms with E-state index in [1.807, 2.05) is 12.1 Å². The second kappa shape index (κ2) is 9.34. The van der Waals surface area contributed by atoms with Crippen molar-refractivity contribution < 1.29 is 13.2 Å². The summed E-state index contributed by atoms with van der Waals surface area (Å²) in [5.74, 6) is -0.194. The summed E-state index contributed by atoms with van der Waals surface area (Å²) in [4.78, 5) is 12.9. The van der Waals surface area contributed by atoms with Crippen molar-refractivity contribution in [3.63, 3.8) is 0 Å². The molecule has 150 valence electrons. The maximum Gasteiger partial charge on any atom is 0.243 e. The van der Waals surface area contributed by atoms with E-state index < -0.39 is 10.0 Å². The number of piperidine rings is 1. The molecule has 0 radical (unpaired) electrons. The number of hydrogen-bond donors (Lipinski definition) is 1. The smallest absolute Gasteiger partial charge is 0.243 e. The van der Waals surface area contributed by atoms with Gasteiger partial charge < -0.3 is 5.32 Å². The minimum atomic E-state index is -3.48. The van der Waals surface area contributed by atoms with Gasteiger partial charge in [-0.3, -0.25) is 4.79 Å². The van der Waals surface area contributed by atoms with Crippen molar-refractivity contribution in [2.45, 2.75) is 43.9 Å². The number of nitrogens with one attached hydrogen (secondary N) is 1. The molecule has 1 saturated heterocycles. The maximum atomic E-state index is 12.7. The SMILES string of the molecule is CCCCc1ccc(NC(=O)C2CCN(S(=O)(=O)c3ccccc3)CC2)cc1. The fourth-order valence-corrected chi connectivity index (χ4v) is 4.97. The molecule has 2 aromatic rings. The first-order valence-corrected chi connectivity index (χ1v) is 11.4. The Kier molecular flexibility index (Phi) is 6.86. The van der Waals surface area contributed by atoms with Gasteiger partial charge in [0.25, 0.3) is 0 Å². The van der Waals surface area contributed by atoms with Crippen LogP contribution in [0, 0.1) is 5.92 Å². The van der Waals surface area contributed by atoms with Gasteiger partial charge in [-0.1, -0.05) is 43.7 Å². The van der Waals surface area contributed by atoms with Crippen molar-refractivity contribution >= 4 is 21.6 Å². The lowest BCUT2D eigenvalue weighted by Crippen LogP contribution is -2.41. The van der Waals surface area contributed by atoms with Crippen molar-refractivity contribution in [1.82, 2.24) is 4.31 Å². The molecule has 1 heterocycles. The molecular weight excluding hydrogens is 372 g/mol.